The van der Waals surface area contributed by atoms with Crippen molar-refractivity contribution >= 4 is 39.3 Å². The van der Waals surface area contributed by atoms with E-state index in [1.807, 2.05) is 49.0 Å². The van der Waals surface area contributed by atoms with Crippen molar-refractivity contribution in [3.8, 4) is 11.3 Å². The smallest absolute Gasteiger partial charge is 0.276 e. The standard InChI is InChI=1S/C19H16BrN3OS/c1-11-7-8-15(14(20)9-11)21-19(24)17-13-10-25-16-6-4-3-5-12(16)18(13)23(2)22-17/h3-9H,10H2,1-2H3,(H,21,24). The van der Waals surface area contributed by atoms with Gasteiger partial charge in [0.15, 0.2) is 5.69 Å². The summed E-state index contributed by atoms with van der Waals surface area (Å²) in [6.45, 7) is 2.01. The molecule has 1 aromatic heterocycles. The maximum Gasteiger partial charge on any atom is 0.276 e. The molecule has 25 heavy (non-hydrogen) atoms. The summed E-state index contributed by atoms with van der Waals surface area (Å²) in [5.41, 5.74) is 5.53. The summed E-state index contributed by atoms with van der Waals surface area (Å²) >= 11 is 5.25. The lowest BCUT2D eigenvalue weighted by Gasteiger charge is -2.17. The Bertz CT molecular complexity index is 996. The second kappa shape index (κ2) is 6.35. The Kier molecular flexibility index (Phi) is 4.17. The van der Waals surface area contributed by atoms with Crippen LogP contribution in [-0.4, -0.2) is 15.7 Å². The van der Waals surface area contributed by atoms with E-state index < -0.39 is 0 Å². The van der Waals surface area contributed by atoms with Gasteiger partial charge in [0, 0.05) is 33.3 Å². The fraction of sp³-hybridized carbons (Fsp3) is 0.158. The van der Waals surface area contributed by atoms with Gasteiger partial charge in [-0.3, -0.25) is 9.48 Å². The Labute approximate surface area is 158 Å². The molecule has 0 saturated carbocycles. The molecule has 0 radical (unpaired) electrons. The number of fused-ring (bicyclic) bond motifs is 3. The molecule has 0 aliphatic carbocycles. The highest BCUT2D eigenvalue weighted by molar-refractivity contribution is 9.10. The zero-order valence-electron chi connectivity index (χ0n) is 13.8. The highest BCUT2D eigenvalue weighted by Gasteiger charge is 2.27. The van der Waals surface area contributed by atoms with Crippen LogP contribution in [-0.2, 0) is 12.8 Å². The average molecular weight is 414 g/mol. The third-order valence-corrected chi connectivity index (χ3v) is 6.00. The topological polar surface area (TPSA) is 46.9 Å². The van der Waals surface area contributed by atoms with Crippen LogP contribution in [0.3, 0.4) is 0 Å². The molecule has 2 aromatic carbocycles. The predicted molar refractivity (Wildman–Crippen MR) is 105 cm³/mol. The molecule has 1 aliphatic heterocycles. The molecule has 0 fully saturated rings. The number of carbonyl (C=O) groups is 1. The van der Waals surface area contributed by atoms with E-state index in [9.17, 15) is 4.79 Å². The molecule has 0 atom stereocenters. The number of amides is 1. The second-order valence-electron chi connectivity index (χ2n) is 6.02. The second-order valence-corrected chi connectivity index (χ2v) is 7.89. The van der Waals surface area contributed by atoms with E-state index in [4.69, 9.17) is 0 Å². The van der Waals surface area contributed by atoms with E-state index in [2.05, 4.69) is 38.5 Å². The third-order valence-electron chi connectivity index (χ3n) is 4.25. The number of rotatable bonds is 2. The van der Waals surface area contributed by atoms with Crippen LogP contribution in [0.25, 0.3) is 11.3 Å². The summed E-state index contributed by atoms with van der Waals surface area (Å²) in [6.07, 6.45) is 0. The van der Waals surface area contributed by atoms with Crippen molar-refractivity contribution in [3.05, 3.63) is 63.8 Å². The molecule has 0 spiro atoms. The van der Waals surface area contributed by atoms with Gasteiger partial charge in [-0.1, -0.05) is 24.3 Å². The minimum atomic E-state index is -0.179. The van der Waals surface area contributed by atoms with Crippen LogP contribution in [0.2, 0.25) is 0 Å². The Morgan fingerprint density at radius 1 is 1.28 bits per heavy atom. The zero-order valence-corrected chi connectivity index (χ0v) is 16.2. The first-order chi connectivity index (χ1) is 12.0. The van der Waals surface area contributed by atoms with Gasteiger partial charge in [-0.15, -0.1) is 11.8 Å². The molecule has 6 heteroatoms. The number of benzene rings is 2. The van der Waals surface area contributed by atoms with E-state index in [0.717, 1.165) is 38.3 Å². The Hall–Kier alpha value is -2.05. The Morgan fingerprint density at radius 2 is 2.08 bits per heavy atom. The van der Waals surface area contributed by atoms with Gasteiger partial charge in [-0.2, -0.15) is 5.10 Å². The van der Waals surface area contributed by atoms with Crippen molar-refractivity contribution in [1.82, 2.24) is 9.78 Å². The summed E-state index contributed by atoms with van der Waals surface area (Å²) in [4.78, 5) is 14.1. The summed E-state index contributed by atoms with van der Waals surface area (Å²) in [6, 6.07) is 14.1. The first-order valence-corrected chi connectivity index (χ1v) is 9.68. The van der Waals surface area contributed by atoms with Crippen molar-refractivity contribution in [2.45, 2.75) is 17.6 Å². The maximum atomic E-state index is 12.8. The SMILES string of the molecule is Cc1ccc(NC(=O)c2nn(C)c3c2CSc2ccccc2-3)c(Br)c1. The van der Waals surface area contributed by atoms with Crippen LogP contribution >= 0.6 is 27.7 Å². The fourth-order valence-electron chi connectivity index (χ4n) is 3.06. The molecular formula is C19H16BrN3OS. The van der Waals surface area contributed by atoms with Gasteiger partial charge in [0.2, 0.25) is 0 Å². The number of aromatic nitrogens is 2. The highest BCUT2D eigenvalue weighted by atomic mass is 79.9. The summed E-state index contributed by atoms with van der Waals surface area (Å²) in [5, 5.41) is 7.48. The van der Waals surface area contributed by atoms with Crippen LogP contribution in [0.4, 0.5) is 5.69 Å². The molecule has 4 nitrogen and oxygen atoms in total. The van der Waals surface area contributed by atoms with E-state index in [1.54, 1.807) is 11.8 Å². The minimum absolute atomic E-state index is 0.179. The van der Waals surface area contributed by atoms with E-state index in [0.29, 0.717) is 5.69 Å². The third kappa shape index (κ3) is 2.89. The van der Waals surface area contributed by atoms with Crippen molar-refractivity contribution in [2.24, 2.45) is 7.05 Å². The normalized spacial score (nSPS) is 12.4. The molecule has 0 unspecified atom stereocenters. The maximum absolute atomic E-state index is 12.8. The van der Waals surface area contributed by atoms with Crippen LogP contribution in [0.1, 0.15) is 21.6 Å². The molecule has 1 N–H and O–H groups in total. The number of aryl methyl sites for hydroxylation is 2. The zero-order chi connectivity index (χ0) is 17.6. The van der Waals surface area contributed by atoms with Gasteiger partial charge < -0.3 is 5.32 Å². The van der Waals surface area contributed by atoms with Crippen LogP contribution in [0, 0.1) is 6.92 Å². The van der Waals surface area contributed by atoms with Gasteiger partial charge in [-0.25, -0.2) is 0 Å². The predicted octanol–water partition coefficient (Wildman–Crippen LogP) is 5.02. The van der Waals surface area contributed by atoms with Crippen LogP contribution in [0.5, 0.6) is 0 Å². The van der Waals surface area contributed by atoms with Gasteiger partial charge in [0.05, 0.1) is 11.4 Å². The van der Waals surface area contributed by atoms with E-state index >= 15 is 0 Å². The van der Waals surface area contributed by atoms with E-state index in [1.165, 1.54) is 4.90 Å². The number of halogens is 1. The van der Waals surface area contributed by atoms with Gasteiger partial charge in [-0.05, 0) is 46.6 Å². The number of nitrogens with zero attached hydrogens (tertiary/aromatic N) is 2. The monoisotopic (exact) mass is 413 g/mol. The van der Waals surface area contributed by atoms with Gasteiger partial charge >= 0.3 is 0 Å². The molecule has 2 heterocycles. The molecule has 1 aliphatic rings. The number of nitrogens with one attached hydrogen (secondary N) is 1. The number of hydrogen-bond donors (Lipinski definition) is 1. The molecular weight excluding hydrogens is 398 g/mol. The lowest BCUT2D eigenvalue weighted by molar-refractivity contribution is 0.102. The van der Waals surface area contributed by atoms with Crippen molar-refractivity contribution in [1.29, 1.82) is 0 Å². The molecule has 126 valence electrons. The number of anilines is 1. The number of hydrogen-bond acceptors (Lipinski definition) is 3. The van der Waals surface area contributed by atoms with Crippen LogP contribution < -0.4 is 5.32 Å². The van der Waals surface area contributed by atoms with Crippen LogP contribution in [0.15, 0.2) is 51.8 Å². The van der Waals surface area contributed by atoms with E-state index in [-0.39, 0.29) is 5.91 Å². The minimum Gasteiger partial charge on any atom is -0.320 e. The Morgan fingerprint density at radius 3 is 2.88 bits per heavy atom. The fourth-order valence-corrected chi connectivity index (χ4v) is 4.73. The lowest BCUT2D eigenvalue weighted by Crippen LogP contribution is -2.15. The molecule has 3 aromatic rings. The van der Waals surface area contributed by atoms with Gasteiger partial charge in [0.1, 0.15) is 0 Å². The van der Waals surface area contributed by atoms with Gasteiger partial charge in [0.25, 0.3) is 5.91 Å². The first kappa shape index (κ1) is 16.4. The summed E-state index contributed by atoms with van der Waals surface area (Å²) < 4.78 is 2.68. The summed E-state index contributed by atoms with van der Waals surface area (Å²) in [5.74, 6) is 0.569. The molecule has 4 rings (SSSR count). The molecule has 0 saturated heterocycles. The number of thioether (sulfide) groups is 1. The Balaban J connectivity index is 1.72. The lowest BCUT2D eigenvalue weighted by atomic mass is 10.1. The largest absolute Gasteiger partial charge is 0.320 e. The number of carbonyl (C=O) groups excluding carboxylic acids is 1. The molecule has 0 bridgehead atoms. The van der Waals surface area contributed by atoms with Crippen molar-refractivity contribution < 1.29 is 4.79 Å². The quantitative estimate of drug-likeness (QED) is 0.641. The summed E-state index contributed by atoms with van der Waals surface area (Å²) in [7, 11) is 1.89. The average Bonchev–Trinajstić information content (AvgIpc) is 2.95. The van der Waals surface area contributed by atoms with Crippen molar-refractivity contribution in [2.75, 3.05) is 5.32 Å². The van der Waals surface area contributed by atoms with Crippen molar-refractivity contribution in [3.63, 3.8) is 0 Å². The molecule has 1 amide bonds. The highest BCUT2D eigenvalue weighted by Crippen LogP contribution is 2.42. The first-order valence-electron chi connectivity index (χ1n) is 7.90.